The number of alkyl halides is 3. The van der Waals surface area contributed by atoms with E-state index in [-0.39, 0.29) is 11.7 Å². The number of rotatable bonds is 26. The average molecular weight is 1260 g/mol. The second-order valence-electron chi connectivity index (χ2n) is 24.5. The van der Waals surface area contributed by atoms with Crippen molar-refractivity contribution in [3.05, 3.63) is 220 Å². The maximum Gasteiger partial charge on any atom is 0.569 e. The molecule has 476 valence electrons. The number of allylic oxidation sites excluding steroid dienone is 6. The molecule has 92 heavy (non-hydrogen) atoms. The Morgan fingerprint density at radius 2 is 1.23 bits per heavy atom. The number of Topliss-reactive ketones (excluding diaryl/α,β-unsaturated/α-hetero) is 1. The summed E-state index contributed by atoms with van der Waals surface area (Å²) in [7, 11) is 7.74. The van der Waals surface area contributed by atoms with Gasteiger partial charge in [-0.3, -0.25) is 19.4 Å². The third kappa shape index (κ3) is 16.7. The van der Waals surface area contributed by atoms with E-state index in [0.717, 1.165) is 76.7 Å². The first-order valence-electron chi connectivity index (χ1n) is 30.7. The molecule has 0 unspecified atom stereocenters. The van der Waals surface area contributed by atoms with Crippen molar-refractivity contribution in [3.8, 4) is 22.6 Å². The molecule has 7 aromatic rings. The van der Waals surface area contributed by atoms with Crippen LogP contribution < -0.4 is 29.8 Å². The van der Waals surface area contributed by atoms with Gasteiger partial charge < -0.3 is 39.5 Å². The number of ketones is 1. The summed E-state index contributed by atoms with van der Waals surface area (Å²) in [5.74, 6) is -1.96. The van der Waals surface area contributed by atoms with Gasteiger partial charge in [0.25, 0.3) is 0 Å². The number of carbonyl (C=O) groups excluding carboxylic acids is 3. The predicted octanol–water partition coefficient (Wildman–Crippen LogP) is 11.0. The molecule has 19 heteroatoms. The Morgan fingerprint density at radius 3 is 1.78 bits per heavy atom. The number of carbonyl (C=O) groups is 3. The van der Waals surface area contributed by atoms with Crippen LogP contribution in [-0.2, 0) is 40.6 Å². The number of aliphatic carboxylic acids is 1. The van der Waals surface area contributed by atoms with Crippen molar-refractivity contribution in [2.24, 2.45) is 0 Å². The highest BCUT2D eigenvalue weighted by atomic mass is 28.3. The van der Waals surface area contributed by atoms with Gasteiger partial charge >= 0.3 is 21.5 Å². The highest BCUT2D eigenvalue weighted by Crippen LogP contribution is 2.44. The first-order valence-corrected chi connectivity index (χ1v) is 33.7. The van der Waals surface area contributed by atoms with Crippen molar-refractivity contribution >= 4 is 84.8 Å². The minimum atomic E-state index is -5.19. The largest absolute Gasteiger partial charge is 0.569 e. The minimum absolute atomic E-state index is 0.0783. The third-order valence-electron chi connectivity index (χ3n) is 16.9. The fraction of sp³-hybridized carbons (Fsp3) is 0.288. The Bertz CT molecular complexity index is 4080. The molecule has 0 saturated carbocycles. The zero-order chi connectivity index (χ0) is 66.6. The smallest absolute Gasteiger partial charge is 0.542 e. The highest BCUT2D eigenvalue weighted by Gasteiger charge is 2.41. The van der Waals surface area contributed by atoms with E-state index >= 15 is 0 Å². The van der Waals surface area contributed by atoms with E-state index in [1.807, 2.05) is 48.5 Å². The van der Waals surface area contributed by atoms with Crippen molar-refractivity contribution in [1.82, 2.24) is 15.1 Å². The Kier molecular flexibility index (Phi) is 23.1. The van der Waals surface area contributed by atoms with E-state index in [9.17, 15) is 32.8 Å². The number of nitrogens with zero attached hydrogens (tertiary/aromatic N) is 4. The van der Waals surface area contributed by atoms with E-state index in [2.05, 4.69) is 183 Å². The number of hydrogen-bond acceptors (Lipinski definition) is 11. The van der Waals surface area contributed by atoms with Gasteiger partial charge in [-0.15, -0.1) is 0 Å². The zero-order valence-corrected chi connectivity index (χ0v) is 55.0. The summed E-state index contributed by atoms with van der Waals surface area (Å²) >= 11 is 0. The first kappa shape index (κ1) is 69.3. The van der Waals surface area contributed by atoms with Gasteiger partial charge in [-0.1, -0.05) is 117 Å². The lowest BCUT2D eigenvalue weighted by molar-refractivity contribution is -0.462. The van der Waals surface area contributed by atoms with Gasteiger partial charge in [-0.05, 0) is 177 Å². The lowest BCUT2D eigenvalue weighted by atomic mass is 9.86. The standard InChI is InChI=1S/C71H79B2N5O6Si.C2HF3O2/c1-47(2)65(79)25-18-19-35-77(43-51-21-12-16-26-66(51)83-72-81)46-64-58-24-15-14-23-57(58)63(45-78(36-20-34-74-71(80)48(3)4)44-52-22-13-17-27-67(52)84-73-82)59-31-28-50(40-62(59)64)53-37-49(5)38-54(39-53)70-60-32-29-55(75(6)7)41-68(60)85(10,11)69-42-56(76(8)9)30-33-61(69)70;3-2(4,5)1(6)7/h12-17,21-24,26-33,37-42,81-82H,1,3,18-20,25,34-36,43-46H2,2,4-11H3;(H,6,7). The second-order valence-corrected chi connectivity index (χ2v) is 28.8. The molecule has 7 aromatic carbocycles. The SMILES string of the molecule is C=C(C)C(=O)CCCCN(Cc1ccccc1O[B]O)Cc1c2ccccc2c(CN(CCCNC(=O)C(=C)C)Cc2ccccc2O[B]O)c2ccc(-c3cc(C)cc(C4=C5C=CC(=[N+](C)C)C=C5[Si](C)(C)c5cc(N(C)C)ccc54)c3)cc12.O=C([O-])C(F)(F)F. The van der Waals surface area contributed by atoms with Gasteiger partial charge in [0.2, 0.25) is 5.91 Å². The summed E-state index contributed by atoms with van der Waals surface area (Å²) in [4.78, 5) is 41.3. The first-order chi connectivity index (χ1) is 43.8. The van der Waals surface area contributed by atoms with Gasteiger partial charge in [0, 0.05) is 94.3 Å². The molecule has 0 atom stereocenters. The second kappa shape index (κ2) is 30.7. The molecule has 1 aliphatic heterocycles. The van der Waals surface area contributed by atoms with Crippen LogP contribution in [0.5, 0.6) is 11.5 Å². The van der Waals surface area contributed by atoms with E-state index in [0.29, 0.717) is 87.7 Å². The summed E-state index contributed by atoms with van der Waals surface area (Å²) in [6.07, 6.45) is 4.44. The molecule has 2 radical (unpaired) electrons. The lowest BCUT2D eigenvalue weighted by Crippen LogP contribution is -2.49. The summed E-state index contributed by atoms with van der Waals surface area (Å²) in [6, 6.07) is 45.4. The number of para-hydroxylation sites is 2. The fourth-order valence-corrected chi connectivity index (χ4v) is 15.2. The summed E-state index contributed by atoms with van der Waals surface area (Å²) < 4.78 is 45.1. The molecule has 2 aliphatic rings. The quantitative estimate of drug-likeness (QED) is 0.0156. The Morgan fingerprint density at radius 1 is 0.674 bits per heavy atom. The van der Waals surface area contributed by atoms with Crippen LogP contribution in [0.15, 0.2) is 181 Å². The van der Waals surface area contributed by atoms with Crippen LogP contribution in [-0.4, -0.2) is 125 Å². The molecule has 0 aromatic heterocycles. The third-order valence-corrected chi connectivity index (χ3v) is 20.4. The normalized spacial score (nSPS) is 13.2. The monoisotopic (exact) mass is 1260 g/mol. The van der Waals surface area contributed by atoms with E-state index in [1.54, 1.807) is 13.8 Å². The number of aryl methyl sites for hydroxylation is 1. The molecule has 9 rings (SSSR count). The molecule has 0 fully saturated rings. The van der Waals surface area contributed by atoms with E-state index < -0.39 is 20.2 Å². The molecular weight excluding hydrogens is 1180 g/mol. The average Bonchev–Trinajstić information content (AvgIpc) is 0.730. The molecule has 3 N–H and O–H groups in total. The molecular formula is C73H80B2F3N5O8Si. The number of benzene rings is 7. The van der Waals surface area contributed by atoms with Gasteiger partial charge in [0.1, 0.15) is 39.6 Å². The number of carboxylic acids is 1. The van der Waals surface area contributed by atoms with Crippen LogP contribution in [0.2, 0.25) is 13.1 Å². The zero-order valence-electron chi connectivity index (χ0n) is 54.0. The number of halogens is 3. The van der Waals surface area contributed by atoms with Crippen molar-refractivity contribution in [2.75, 3.05) is 52.7 Å². The summed E-state index contributed by atoms with van der Waals surface area (Å²) in [5, 5.41) is 38.9. The van der Waals surface area contributed by atoms with Crippen LogP contribution >= 0.6 is 0 Å². The number of nitrogens with one attached hydrogen (secondary N) is 1. The minimum Gasteiger partial charge on any atom is -0.542 e. The highest BCUT2D eigenvalue weighted by molar-refractivity contribution is 6.98. The van der Waals surface area contributed by atoms with E-state index in [1.165, 1.54) is 49.6 Å². The van der Waals surface area contributed by atoms with Gasteiger partial charge in [0.15, 0.2) is 11.5 Å². The van der Waals surface area contributed by atoms with Crippen LogP contribution in [0.4, 0.5) is 18.9 Å². The molecule has 1 amide bonds. The molecule has 0 bridgehead atoms. The Balaban J connectivity index is 0.00000147. The summed E-state index contributed by atoms with van der Waals surface area (Å²) in [6.45, 7) is 22.4. The number of carboxylic acid groups (broad SMARTS) is 1. The number of unbranched alkanes of at least 4 members (excludes halogenated alkanes) is 1. The van der Waals surface area contributed by atoms with Crippen molar-refractivity contribution in [1.29, 1.82) is 0 Å². The topological polar surface area (TPSA) is 158 Å². The summed E-state index contributed by atoms with van der Waals surface area (Å²) in [5.41, 5.74) is 16.0. The number of fused-ring (bicyclic) bond motifs is 4. The van der Waals surface area contributed by atoms with Crippen LogP contribution in [0, 0.1) is 6.92 Å². The molecule has 13 nitrogen and oxygen atoms in total. The fourth-order valence-electron chi connectivity index (χ4n) is 12.1. The number of amides is 1. The van der Waals surface area contributed by atoms with Crippen molar-refractivity contribution in [2.45, 2.75) is 91.9 Å². The van der Waals surface area contributed by atoms with Crippen molar-refractivity contribution in [3.63, 3.8) is 0 Å². The van der Waals surface area contributed by atoms with Crippen LogP contribution in [0.3, 0.4) is 0 Å². The number of hydrogen-bond donors (Lipinski definition) is 3. The van der Waals surface area contributed by atoms with Crippen LogP contribution in [0.25, 0.3) is 38.2 Å². The van der Waals surface area contributed by atoms with Crippen LogP contribution in [0.1, 0.15) is 78.5 Å². The molecule has 0 spiro atoms. The number of anilines is 1. The Labute approximate surface area is 540 Å². The van der Waals surface area contributed by atoms with Crippen molar-refractivity contribution < 1.29 is 56.6 Å². The predicted molar refractivity (Wildman–Crippen MR) is 365 cm³/mol. The Hall–Kier alpha value is -8.58. The van der Waals surface area contributed by atoms with Gasteiger partial charge in [-0.2, -0.15) is 13.2 Å². The van der Waals surface area contributed by atoms with E-state index in [4.69, 9.17) is 19.2 Å². The maximum absolute atomic E-state index is 12.8. The van der Waals surface area contributed by atoms with Gasteiger partial charge in [-0.25, -0.2) is 4.58 Å². The van der Waals surface area contributed by atoms with Gasteiger partial charge in [0.05, 0.1) is 0 Å². The molecule has 1 aliphatic carbocycles. The lowest BCUT2D eigenvalue weighted by Gasteiger charge is -2.38. The maximum atomic E-state index is 12.8. The molecule has 1 heterocycles. The molecule has 0 saturated heterocycles.